The molecule has 0 radical (unpaired) electrons. The van der Waals surface area contributed by atoms with Crippen molar-refractivity contribution in [1.29, 1.82) is 0 Å². The van der Waals surface area contributed by atoms with Gasteiger partial charge in [0.15, 0.2) is 6.61 Å². The molecule has 0 spiro atoms. The van der Waals surface area contributed by atoms with Crippen LogP contribution in [0.1, 0.15) is 26.3 Å². The van der Waals surface area contributed by atoms with E-state index in [1.54, 1.807) is 24.3 Å². The lowest BCUT2D eigenvalue weighted by Gasteiger charge is -2.11. The molecule has 3 aromatic carbocycles. The zero-order valence-electron chi connectivity index (χ0n) is 18.4. The number of nitrogens with one attached hydrogen (secondary N) is 3. The van der Waals surface area contributed by atoms with Gasteiger partial charge in [0.25, 0.3) is 17.7 Å². The highest BCUT2D eigenvalue weighted by atomic mass is 19.4. The maximum atomic E-state index is 12.7. The van der Waals surface area contributed by atoms with Crippen molar-refractivity contribution in [3.63, 3.8) is 0 Å². The fourth-order valence-electron chi connectivity index (χ4n) is 2.96. The van der Waals surface area contributed by atoms with Gasteiger partial charge in [-0.05, 0) is 54.6 Å². The maximum absolute atomic E-state index is 12.7. The molecule has 7 nitrogen and oxygen atoms in total. The highest BCUT2D eigenvalue weighted by Gasteiger charge is 2.30. The minimum atomic E-state index is -4.51. The standard InChI is InChI=1S/C25H22F3N3O4/c26-25(27,28)19-7-4-8-21(15-19)35-16-22(32)31-20-11-9-18(10-12-20)24(34)30-14-13-29-23(33)17-5-2-1-3-6-17/h1-12,15H,13-14,16H2,(H,29,33)(H,30,34)(H,31,32). The maximum Gasteiger partial charge on any atom is 0.416 e. The first-order chi connectivity index (χ1) is 16.7. The van der Waals surface area contributed by atoms with Crippen LogP contribution >= 0.6 is 0 Å². The van der Waals surface area contributed by atoms with Crippen LogP contribution in [0.5, 0.6) is 5.75 Å². The van der Waals surface area contributed by atoms with Crippen molar-refractivity contribution in [2.45, 2.75) is 6.18 Å². The lowest BCUT2D eigenvalue weighted by molar-refractivity contribution is -0.137. The van der Waals surface area contributed by atoms with Crippen molar-refractivity contribution in [3.8, 4) is 5.75 Å². The second kappa shape index (κ2) is 11.7. The Morgan fingerprint density at radius 1 is 0.743 bits per heavy atom. The third kappa shape index (κ3) is 7.88. The van der Waals surface area contributed by atoms with Gasteiger partial charge in [-0.2, -0.15) is 13.2 Å². The molecule has 0 heterocycles. The fourth-order valence-corrected chi connectivity index (χ4v) is 2.96. The van der Waals surface area contributed by atoms with Gasteiger partial charge in [0.2, 0.25) is 0 Å². The number of carbonyl (C=O) groups excluding carboxylic acids is 3. The Hall–Kier alpha value is -4.34. The number of rotatable bonds is 9. The normalized spacial score (nSPS) is 10.8. The van der Waals surface area contributed by atoms with Crippen molar-refractivity contribution >= 4 is 23.4 Å². The molecular weight excluding hydrogens is 463 g/mol. The highest BCUT2D eigenvalue weighted by molar-refractivity contribution is 5.96. The van der Waals surface area contributed by atoms with Gasteiger partial charge in [-0.3, -0.25) is 14.4 Å². The zero-order chi connectivity index (χ0) is 25.3. The first kappa shape index (κ1) is 25.3. The molecule has 0 aromatic heterocycles. The molecule has 0 aliphatic heterocycles. The van der Waals surface area contributed by atoms with Gasteiger partial charge < -0.3 is 20.7 Å². The van der Waals surface area contributed by atoms with Gasteiger partial charge in [-0.15, -0.1) is 0 Å². The quantitative estimate of drug-likeness (QED) is 0.401. The third-order valence-electron chi connectivity index (χ3n) is 4.69. The molecule has 0 saturated carbocycles. The van der Waals surface area contributed by atoms with E-state index in [1.165, 1.54) is 36.4 Å². The number of carbonyl (C=O) groups is 3. The number of ether oxygens (including phenoxy) is 1. The molecule has 0 saturated heterocycles. The molecule has 3 amide bonds. The first-order valence-corrected chi connectivity index (χ1v) is 10.5. The third-order valence-corrected chi connectivity index (χ3v) is 4.69. The van der Waals surface area contributed by atoms with Crippen LogP contribution in [-0.2, 0) is 11.0 Å². The van der Waals surface area contributed by atoms with Gasteiger partial charge in [-0.1, -0.05) is 24.3 Å². The lowest BCUT2D eigenvalue weighted by atomic mass is 10.2. The van der Waals surface area contributed by atoms with Crippen molar-refractivity contribution in [2.75, 3.05) is 25.0 Å². The summed E-state index contributed by atoms with van der Waals surface area (Å²) >= 11 is 0. The summed E-state index contributed by atoms with van der Waals surface area (Å²) in [5.74, 6) is -1.25. The Balaban J connectivity index is 1.41. The Morgan fingerprint density at radius 3 is 1.94 bits per heavy atom. The van der Waals surface area contributed by atoms with Gasteiger partial charge in [-0.25, -0.2) is 0 Å². The van der Waals surface area contributed by atoms with Crippen LogP contribution in [0.4, 0.5) is 18.9 Å². The summed E-state index contributed by atoms with van der Waals surface area (Å²) in [6, 6.07) is 18.9. The second-order valence-electron chi connectivity index (χ2n) is 7.32. The molecule has 10 heteroatoms. The van der Waals surface area contributed by atoms with Gasteiger partial charge in [0.05, 0.1) is 5.56 Å². The number of amides is 3. The van der Waals surface area contributed by atoms with E-state index in [-0.39, 0.29) is 30.7 Å². The molecule has 3 rings (SSSR count). The van der Waals surface area contributed by atoms with Crippen LogP contribution in [0.25, 0.3) is 0 Å². The molecule has 182 valence electrons. The first-order valence-electron chi connectivity index (χ1n) is 10.5. The van der Waals surface area contributed by atoms with Crippen molar-refractivity contribution in [2.24, 2.45) is 0 Å². The van der Waals surface area contributed by atoms with E-state index in [2.05, 4.69) is 16.0 Å². The van der Waals surface area contributed by atoms with Crippen LogP contribution in [-0.4, -0.2) is 37.4 Å². The number of hydrogen-bond acceptors (Lipinski definition) is 4. The van der Waals surface area contributed by atoms with E-state index in [9.17, 15) is 27.6 Å². The zero-order valence-corrected chi connectivity index (χ0v) is 18.4. The van der Waals surface area contributed by atoms with Gasteiger partial charge in [0.1, 0.15) is 5.75 Å². The largest absolute Gasteiger partial charge is 0.484 e. The average molecular weight is 485 g/mol. The van der Waals surface area contributed by atoms with Crippen LogP contribution in [0.15, 0.2) is 78.9 Å². The smallest absolute Gasteiger partial charge is 0.416 e. The van der Waals surface area contributed by atoms with Crippen LogP contribution in [0.2, 0.25) is 0 Å². The summed E-state index contributed by atoms with van der Waals surface area (Å²) in [5, 5.41) is 7.92. The molecule has 3 aromatic rings. The number of alkyl halides is 3. The average Bonchev–Trinajstić information content (AvgIpc) is 2.86. The molecule has 0 fully saturated rings. The number of halogens is 3. The predicted molar refractivity (Wildman–Crippen MR) is 123 cm³/mol. The summed E-state index contributed by atoms with van der Waals surface area (Å²) in [6.45, 7) is -0.0134. The fraction of sp³-hybridized carbons (Fsp3) is 0.160. The predicted octanol–water partition coefficient (Wildman–Crippen LogP) is 3.88. The Bertz CT molecular complexity index is 1170. The minimum absolute atomic E-state index is 0.0815. The summed E-state index contributed by atoms with van der Waals surface area (Å²) in [4.78, 5) is 36.2. The molecule has 3 N–H and O–H groups in total. The summed E-state index contributed by atoms with van der Waals surface area (Å²) in [7, 11) is 0. The summed E-state index contributed by atoms with van der Waals surface area (Å²) in [6.07, 6.45) is -4.51. The van der Waals surface area contributed by atoms with Crippen molar-refractivity contribution in [1.82, 2.24) is 10.6 Å². The number of anilines is 1. The lowest BCUT2D eigenvalue weighted by Crippen LogP contribution is -2.34. The molecule has 0 aliphatic rings. The van der Waals surface area contributed by atoms with E-state index in [0.29, 0.717) is 16.8 Å². The van der Waals surface area contributed by atoms with E-state index in [0.717, 1.165) is 12.1 Å². The minimum Gasteiger partial charge on any atom is -0.484 e. The summed E-state index contributed by atoms with van der Waals surface area (Å²) in [5.41, 5.74) is 0.381. The van der Waals surface area contributed by atoms with Gasteiger partial charge in [0, 0.05) is 29.9 Å². The SMILES string of the molecule is O=C(COc1cccc(C(F)(F)F)c1)Nc1ccc(C(=O)NCCNC(=O)c2ccccc2)cc1. The summed E-state index contributed by atoms with van der Waals surface area (Å²) < 4.78 is 43.4. The van der Waals surface area contributed by atoms with E-state index < -0.39 is 24.3 Å². The number of hydrogen-bond donors (Lipinski definition) is 3. The molecule has 0 atom stereocenters. The van der Waals surface area contributed by atoms with Crippen molar-refractivity contribution < 1.29 is 32.3 Å². The van der Waals surface area contributed by atoms with Crippen LogP contribution in [0, 0.1) is 0 Å². The monoisotopic (exact) mass is 485 g/mol. The van der Waals surface area contributed by atoms with E-state index in [1.807, 2.05) is 6.07 Å². The number of benzene rings is 3. The molecule has 0 aliphatic carbocycles. The second-order valence-corrected chi connectivity index (χ2v) is 7.32. The Morgan fingerprint density at radius 2 is 1.34 bits per heavy atom. The Kier molecular flexibility index (Phi) is 8.44. The highest BCUT2D eigenvalue weighted by Crippen LogP contribution is 2.31. The van der Waals surface area contributed by atoms with E-state index >= 15 is 0 Å². The Labute approximate surface area is 199 Å². The molecule has 35 heavy (non-hydrogen) atoms. The van der Waals surface area contributed by atoms with Crippen LogP contribution in [0.3, 0.4) is 0 Å². The topological polar surface area (TPSA) is 96.5 Å². The van der Waals surface area contributed by atoms with Gasteiger partial charge >= 0.3 is 6.18 Å². The van der Waals surface area contributed by atoms with E-state index in [4.69, 9.17) is 4.74 Å². The van der Waals surface area contributed by atoms with Crippen LogP contribution < -0.4 is 20.7 Å². The van der Waals surface area contributed by atoms with Crippen molar-refractivity contribution in [3.05, 3.63) is 95.6 Å². The molecular formula is C25H22F3N3O4. The molecule has 0 unspecified atom stereocenters. The molecule has 0 bridgehead atoms.